The van der Waals surface area contributed by atoms with Gasteiger partial charge in [-0.2, -0.15) is 0 Å². The molecule has 0 heterocycles. The first-order valence-corrected chi connectivity index (χ1v) is 5.63. The lowest BCUT2D eigenvalue weighted by molar-refractivity contribution is 0.661. The summed E-state index contributed by atoms with van der Waals surface area (Å²) in [6.07, 6.45) is 3.73. The average molecular weight is 275 g/mol. The van der Waals surface area contributed by atoms with Crippen molar-refractivity contribution in [1.82, 2.24) is 0 Å². The van der Waals surface area contributed by atoms with Gasteiger partial charge in [-0.25, -0.2) is 0 Å². The lowest BCUT2D eigenvalue weighted by atomic mass is 10.0. The molecule has 0 radical (unpaired) electrons. The van der Waals surface area contributed by atoms with E-state index in [1.165, 1.54) is 0 Å². The molecule has 0 unspecified atom stereocenters. The Kier molecular flexibility index (Phi) is 4.66. The Bertz CT molecular complexity index is 325. The molecular formula is C11H13BrClN. The van der Waals surface area contributed by atoms with E-state index in [-0.39, 0.29) is 6.04 Å². The maximum absolute atomic E-state index is 5.99. The zero-order chi connectivity index (χ0) is 10.6. The second kappa shape index (κ2) is 5.54. The van der Waals surface area contributed by atoms with E-state index >= 15 is 0 Å². The molecule has 0 bridgehead atoms. The van der Waals surface area contributed by atoms with Gasteiger partial charge < -0.3 is 5.73 Å². The highest BCUT2D eigenvalue weighted by atomic mass is 79.9. The Hall–Kier alpha value is -0.310. The summed E-state index contributed by atoms with van der Waals surface area (Å²) in [5, 5.41) is 0.713. The molecule has 0 aliphatic heterocycles. The van der Waals surface area contributed by atoms with E-state index in [0.717, 1.165) is 22.9 Å². The van der Waals surface area contributed by atoms with E-state index in [1.807, 2.05) is 24.3 Å². The second-order valence-corrected chi connectivity index (χ2v) is 4.41. The molecule has 1 nitrogen and oxygen atoms in total. The van der Waals surface area contributed by atoms with Gasteiger partial charge in [0.1, 0.15) is 0 Å². The van der Waals surface area contributed by atoms with Crippen LogP contribution in [0.15, 0.2) is 35.3 Å². The Morgan fingerprint density at radius 3 is 2.86 bits per heavy atom. The van der Waals surface area contributed by atoms with Gasteiger partial charge in [-0.3, -0.25) is 0 Å². The number of nitrogens with two attached hydrogens (primary N) is 1. The van der Waals surface area contributed by atoms with Crippen molar-refractivity contribution in [2.24, 2.45) is 5.73 Å². The highest BCUT2D eigenvalue weighted by Crippen LogP contribution is 2.26. The van der Waals surface area contributed by atoms with Gasteiger partial charge in [-0.1, -0.05) is 23.7 Å². The summed E-state index contributed by atoms with van der Waals surface area (Å²) in [7, 11) is 0. The number of halogens is 2. The SMILES string of the molecule is C=CCC[C@@H](N)c1ccc(Cl)c(Br)c1. The summed E-state index contributed by atoms with van der Waals surface area (Å²) in [5.41, 5.74) is 7.09. The zero-order valence-electron chi connectivity index (χ0n) is 7.84. The van der Waals surface area contributed by atoms with Crippen LogP contribution in [0.25, 0.3) is 0 Å². The first kappa shape index (κ1) is 11.8. The predicted molar refractivity (Wildman–Crippen MR) is 65.5 cm³/mol. The van der Waals surface area contributed by atoms with E-state index in [9.17, 15) is 0 Å². The van der Waals surface area contributed by atoms with Crippen molar-refractivity contribution in [1.29, 1.82) is 0 Å². The van der Waals surface area contributed by atoms with Gasteiger partial charge in [0.15, 0.2) is 0 Å². The lowest BCUT2D eigenvalue weighted by Gasteiger charge is -2.11. The van der Waals surface area contributed by atoms with Crippen LogP contribution >= 0.6 is 27.5 Å². The third-order valence-corrected chi connectivity index (χ3v) is 3.27. The zero-order valence-corrected chi connectivity index (χ0v) is 10.2. The van der Waals surface area contributed by atoms with Gasteiger partial charge in [0.25, 0.3) is 0 Å². The van der Waals surface area contributed by atoms with Gasteiger partial charge in [-0.05, 0) is 46.5 Å². The monoisotopic (exact) mass is 273 g/mol. The highest BCUT2D eigenvalue weighted by molar-refractivity contribution is 9.10. The van der Waals surface area contributed by atoms with E-state index in [2.05, 4.69) is 22.5 Å². The van der Waals surface area contributed by atoms with Crippen LogP contribution in [-0.4, -0.2) is 0 Å². The quantitative estimate of drug-likeness (QED) is 0.823. The molecule has 0 saturated heterocycles. The van der Waals surface area contributed by atoms with Crippen molar-refractivity contribution < 1.29 is 0 Å². The summed E-state index contributed by atoms with van der Waals surface area (Å²) in [4.78, 5) is 0. The summed E-state index contributed by atoms with van der Waals surface area (Å²) < 4.78 is 0.894. The van der Waals surface area contributed by atoms with Crippen molar-refractivity contribution in [2.45, 2.75) is 18.9 Å². The number of benzene rings is 1. The van der Waals surface area contributed by atoms with Gasteiger partial charge >= 0.3 is 0 Å². The van der Waals surface area contributed by atoms with Crippen LogP contribution in [0, 0.1) is 0 Å². The van der Waals surface area contributed by atoms with Crippen LogP contribution in [0.2, 0.25) is 5.02 Å². The molecule has 1 aromatic rings. The molecule has 1 atom stereocenters. The fraction of sp³-hybridized carbons (Fsp3) is 0.273. The number of rotatable bonds is 4. The molecule has 76 valence electrons. The average Bonchev–Trinajstić information content (AvgIpc) is 2.18. The number of hydrogen-bond donors (Lipinski definition) is 1. The minimum Gasteiger partial charge on any atom is -0.324 e. The standard InChI is InChI=1S/C11H13BrClN/c1-2-3-4-11(14)8-5-6-10(13)9(12)7-8/h2,5-7,11H,1,3-4,14H2/t11-/m1/s1. The van der Waals surface area contributed by atoms with Gasteiger partial charge in [0, 0.05) is 10.5 Å². The molecule has 1 rings (SSSR count). The molecule has 0 fully saturated rings. The van der Waals surface area contributed by atoms with Crippen LogP contribution in [0.5, 0.6) is 0 Å². The fourth-order valence-electron chi connectivity index (χ4n) is 1.21. The van der Waals surface area contributed by atoms with E-state index < -0.39 is 0 Å². The molecular weight excluding hydrogens is 261 g/mol. The molecule has 0 aliphatic rings. The van der Waals surface area contributed by atoms with Crippen LogP contribution in [0.4, 0.5) is 0 Å². The maximum atomic E-state index is 5.99. The molecule has 3 heteroatoms. The van der Waals surface area contributed by atoms with Gasteiger partial charge in [0.05, 0.1) is 5.02 Å². The van der Waals surface area contributed by atoms with Crippen LogP contribution in [0.3, 0.4) is 0 Å². The summed E-state index contributed by atoms with van der Waals surface area (Å²) in [6, 6.07) is 5.84. The van der Waals surface area contributed by atoms with Gasteiger partial charge in [-0.15, -0.1) is 6.58 Å². The molecule has 0 amide bonds. The highest BCUT2D eigenvalue weighted by Gasteiger charge is 2.06. The predicted octanol–water partition coefficient (Wildman–Crippen LogP) is 4.07. The van der Waals surface area contributed by atoms with Crippen LogP contribution < -0.4 is 5.73 Å². The Balaban J connectivity index is 2.75. The lowest BCUT2D eigenvalue weighted by Crippen LogP contribution is -2.09. The fourth-order valence-corrected chi connectivity index (χ4v) is 1.72. The normalized spacial score (nSPS) is 12.5. The van der Waals surface area contributed by atoms with Gasteiger partial charge in [0.2, 0.25) is 0 Å². The third kappa shape index (κ3) is 3.12. The van der Waals surface area contributed by atoms with E-state index in [0.29, 0.717) is 5.02 Å². The number of hydrogen-bond acceptors (Lipinski definition) is 1. The van der Waals surface area contributed by atoms with E-state index in [4.69, 9.17) is 17.3 Å². The van der Waals surface area contributed by atoms with Crippen molar-refractivity contribution >= 4 is 27.5 Å². The van der Waals surface area contributed by atoms with Crippen LogP contribution in [0.1, 0.15) is 24.4 Å². The summed E-state index contributed by atoms with van der Waals surface area (Å²) >= 11 is 9.26. The largest absolute Gasteiger partial charge is 0.324 e. The molecule has 0 aliphatic carbocycles. The molecule has 0 aromatic heterocycles. The summed E-state index contributed by atoms with van der Waals surface area (Å²) in [5.74, 6) is 0. The second-order valence-electron chi connectivity index (χ2n) is 3.15. The smallest absolute Gasteiger partial charge is 0.0548 e. The Labute approximate surface area is 98.1 Å². The first-order chi connectivity index (χ1) is 6.65. The molecule has 0 spiro atoms. The minimum atomic E-state index is 0.0570. The van der Waals surface area contributed by atoms with Crippen molar-refractivity contribution in [3.63, 3.8) is 0 Å². The minimum absolute atomic E-state index is 0.0570. The Morgan fingerprint density at radius 2 is 2.29 bits per heavy atom. The van der Waals surface area contributed by atoms with Crippen molar-refractivity contribution in [3.05, 3.63) is 45.9 Å². The molecule has 0 saturated carbocycles. The topological polar surface area (TPSA) is 26.0 Å². The van der Waals surface area contributed by atoms with Crippen molar-refractivity contribution in [3.8, 4) is 0 Å². The first-order valence-electron chi connectivity index (χ1n) is 4.46. The molecule has 14 heavy (non-hydrogen) atoms. The Morgan fingerprint density at radius 1 is 1.57 bits per heavy atom. The van der Waals surface area contributed by atoms with Crippen LogP contribution in [-0.2, 0) is 0 Å². The number of allylic oxidation sites excluding steroid dienone is 1. The summed E-state index contributed by atoms with van der Waals surface area (Å²) in [6.45, 7) is 3.67. The molecule has 2 N–H and O–H groups in total. The maximum Gasteiger partial charge on any atom is 0.0548 e. The van der Waals surface area contributed by atoms with E-state index in [1.54, 1.807) is 0 Å². The van der Waals surface area contributed by atoms with Crippen molar-refractivity contribution in [2.75, 3.05) is 0 Å². The molecule has 1 aromatic carbocycles. The third-order valence-electron chi connectivity index (χ3n) is 2.05.